The minimum Gasteiger partial charge on any atom is -0.480 e. The number of pyridine rings is 1. The van der Waals surface area contributed by atoms with E-state index in [4.69, 9.17) is 10.5 Å². The summed E-state index contributed by atoms with van der Waals surface area (Å²) in [6.45, 7) is 0.775. The number of ether oxygens (including phenoxy) is 1. The fraction of sp³-hybridized carbons (Fsp3) is 0.417. The third kappa shape index (κ3) is 4.92. The maximum absolute atomic E-state index is 14.9. The number of nitrogen functional groups attached to an aromatic ring is 1. The second-order valence-electron chi connectivity index (χ2n) is 9.73. The molecule has 1 amide bonds. The van der Waals surface area contributed by atoms with Crippen LogP contribution in [-0.4, -0.2) is 73.0 Å². The normalized spacial score (nSPS) is 19.8. The van der Waals surface area contributed by atoms with Gasteiger partial charge in [-0.3, -0.25) is 9.69 Å². The fourth-order valence-corrected chi connectivity index (χ4v) is 5.83. The lowest BCUT2D eigenvalue weighted by atomic mass is 10.1. The average molecular weight is 578 g/mol. The molecule has 40 heavy (non-hydrogen) atoms. The summed E-state index contributed by atoms with van der Waals surface area (Å²) in [5, 5.41) is 16.8. The summed E-state index contributed by atoms with van der Waals surface area (Å²) in [5.41, 5.74) is 4.33. The van der Waals surface area contributed by atoms with Gasteiger partial charge in [0.2, 0.25) is 5.88 Å². The lowest BCUT2D eigenvalue weighted by molar-refractivity contribution is -0.136. The molecule has 0 spiro atoms. The van der Waals surface area contributed by atoms with Crippen molar-refractivity contribution >= 4 is 28.6 Å². The molecule has 1 saturated heterocycles. The van der Waals surface area contributed by atoms with Gasteiger partial charge in [0.15, 0.2) is 5.82 Å². The van der Waals surface area contributed by atoms with Crippen LogP contribution in [0.4, 0.5) is 23.4 Å². The summed E-state index contributed by atoms with van der Waals surface area (Å²) in [6.07, 6.45) is -1.57. The van der Waals surface area contributed by atoms with E-state index in [1.807, 2.05) is 4.90 Å². The monoisotopic (exact) mass is 577 g/mol. The number of fused-ring (bicyclic) bond motifs is 1. The van der Waals surface area contributed by atoms with E-state index >= 15 is 0 Å². The van der Waals surface area contributed by atoms with E-state index < -0.39 is 35.4 Å². The van der Waals surface area contributed by atoms with Crippen LogP contribution in [0.5, 0.6) is 5.88 Å². The Bertz CT molecular complexity index is 1590. The van der Waals surface area contributed by atoms with E-state index in [0.717, 1.165) is 39.8 Å². The van der Waals surface area contributed by atoms with E-state index in [1.54, 1.807) is 0 Å². The summed E-state index contributed by atoms with van der Waals surface area (Å²) >= 11 is 1.53. The van der Waals surface area contributed by atoms with Crippen LogP contribution < -0.4 is 15.8 Å². The third-order valence-electron chi connectivity index (χ3n) is 6.88. The zero-order chi connectivity index (χ0) is 28.2. The van der Waals surface area contributed by atoms with Crippen molar-refractivity contribution in [1.29, 1.82) is 0 Å². The second kappa shape index (κ2) is 9.92. The van der Waals surface area contributed by atoms with E-state index in [0.29, 0.717) is 12.5 Å². The lowest BCUT2D eigenvalue weighted by Gasteiger charge is -2.16. The highest BCUT2D eigenvalue weighted by Crippen LogP contribution is 2.41. The summed E-state index contributed by atoms with van der Waals surface area (Å²) in [6, 6.07) is 1.36. The average Bonchev–Trinajstić information content (AvgIpc) is 3.36. The molecule has 1 saturated carbocycles. The van der Waals surface area contributed by atoms with Gasteiger partial charge in [-0.25, -0.2) is 18.9 Å². The number of likely N-dealkylation sites (tertiary alicyclic amines) is 1. The van der Waals surface area contributed by atoms with Crippen LogP contribution in [0, 0.1) is 0 Å². The molecule has 210 valence electrons. The molecule has 0 bridgehead atoms. The van der Waals surface area contributed by atoms with Gasteiger partial charge in [0.25, 0.3) is 5.91 Å². The summed E-state index contributed by atoms with van der Waals surface area (Å²) in [4.78, 5) is 22.9. The van der Waals surface area contributed by atoms with Gasteiger partial charge in [0.1, 0.15) is 33.6 Å². The highest BCUT2D eigenvalue weighted by molar-refractivity contribution is 7.11. The quantitative estimate of drug-likeness (QED) is 0.318. The molecule has 0 aromatic carbocycles. The van der Waals surface area contributed by atoms with Crippen LogP contribution in [0.1, 0.15) is 44.7 Å². The number of alkyl halides is 4. The van der Waals surface area contributed by atoms with Crippen LogP contribution in [0.2, 0.25) is 0 Å². The molecular formula is C24H23F4N9O2S. The van der Waals surface area contributed by atoms with Gasteiger partial charge in [-0.05, 0) is 25.0 Å². The largest absolute Gasteiger partial charge is 0.480 e. The molecule has 1 aliphatic heterocycles. The SMILES string of the molecule is COc1ncc(-c2cc(C(F)(F)F)c3c(N)ncnn23)cc1C(=O)NC1CN(Cc2nnc(C3CC3)s2)CC1F. The van der Waals surface area contributed by atoms with Crippen molar-refractivity contribution in [3.63, 3.8) is 0 Å². The molecule has 0 radical (unpaired) electrons. The predicted molar refractivity (Wildman–Crippen MR) is 135 cm³/mol. The minimum absolute atomic E-state index is 0.0151. The van der Waals surface area contributed by atoms with Gasteiger partial charge >= 0.3 is 6.18 Å². The van der Waals surface area contributed by atoms with Crippen molar-refractivity contribution in [3.8, 4) is 17.1 Å². The van der Waals surface area contributed by atoms with E-state index in [-0.39, 0.29) is 41.6 Å². The van der Waals surface area contributed by atoms with E-state index in [1.165, 1.54) is 30.7 Å². The first-order chi connectivity index (χ1) is 19.1. The minimum atomic E-state index is -4.74. The van der Waals surface area contributed by atoms with Crippen LogP contribution in [0.15, 0.2) is 24.7 Å². The Morgan fingerprint density at radius 3 is 2.75 bits per heavy atom. The zero-order valence-electron chi connectivity index (χ0n) is 21.0. The summed E-state index contributed by atoms with van der Waals surface area (Å²) < 4.78 is 62.4. The van der Waals surface area contributed by atoms with Gasteiger partial charge in [0.05, 0.1) is 31.0 Å². The number of halogens is 4. The highest BCUT2D eigenvalue weighted by atomic mass is 32.1. The molecule has 4 aromatic rings. The van der Waals surface area contributed by atoms with Gasteiger partial charge in [-0.1, -0.05) is 11.3 Å². The second-order valence-corrected chi connectivity index (χ2v) is 10.8. The molecule has 3 N–H and O–H groups in total. The summed E-state index contributed by atoms with van der Waals surface area (Å²) in [5.74, 6) is -0.623. The van der Waals surface area contributed by atoms with Gasteiger partial charge in [0, 0.05) is 30.8 Å². The Balaban J connectivity index is 1.24. The molecule has 2 fully saturated rings. The Kier molecular flexibility index (Phi) is 6.53. The molecule has 4 aromatic heterocycles. The molecule has 5 heterocycles. The third-order valence-corrected chi connectivity index (χ3v) is 7.95. The number of carbonyl (C=O) groups is 1. The van der Waals surface area contributed by atoms with Crippen LogP contribution in [-0.2, 0) is 12.7 Å². The van der Waals surface area contributed by atoms with Crippen LogP contribution >= 0.6 is 11.3 Å². The number of hydrogen-bond acceptors (Lipinski definition) is 10. The fourth-order valence-electron chi connectivity index (χ4n) is 4.78. The number of nitrogens with one attached hydrogen (secondary N) is 1. The molecule has 6 rings (SSSR count). The van der Waals surface area contributed by atoms with E-state index in [9.17, 15) is 22.4 Å². The number of anilines is 1. The molecular weight excluding hydrogens is 554 g/mol. The Hall–Kier alpha value is -3.92. The number of amides is 1. The zero-order valence-corrected chi connectivity index (χ0v) is 21.8. The standard InChI is InChI=1S/C24H23F4N9O2S/c1-39-22-13(4-12(6-30-22)17-5-14(24(26,27)28)19-20(29)31-10-32-37(17)19)21(38)33-16-8-36(7-15(16)25)9-18-34-35-23(40-18)11-2-3-11/h4-6,10-11,15-16H,2-3,7-9H2,1H3,(H,33,38)(H2,29,31,32). The van der Waals surface area contributed by atoms with E-state index in [2.05, 4.69) is 30.6 Å². The highest BCUT2D eigenvalue weighted by Gasteiger charge is 2.38. The molecule has 1 aliphatic carbocycles. The molecule has 2 atom stereocenters. The Labute approximate surface area is 228 Å². The van der Waals surface area contributed by atoms with Crippen molar-refractivity contribution in [2.24, 2.45) is 0 Å². The Morgan fingerprint density at radius 1 is 1.23 bits per heavy atom. The van der Waals surface area contributed by atoms with Gasteiger partial charge in [-0.2, -0.15) is 18.3 Å². The smallest absolute Gasteiger partial charge is 0.418 e. The Morgan fingerprint density at radius 2 is 2.02 bits per heavy atom. The maximum Gasteiger partial charge on any atom is 0.418 e. The number of nitrogens with two attached hydrogens (primary N) is 1. The van der Waals surface area contributed by atoms with Crippen molar-refractivity contribution < 1.29 is 27.1 Å². The summed E-state index contributed by atoms with van der Waals surface area (Å²) in [7, 11) is 1.30. The van der Waals surface area contributed by atoms with Crippen molar-refractivity contribution in [2.75, 3.05) is 25.9 Å². The lowest BCUT2D eigenvalue weighted by Crippen LogP contribution is -2.41. The number of methoxy groups -OCH3 is 1. The van der Waals surface area contributed by atoms with Crippen molar-refractivity contribution in [1.82, 2.24) is 40.0 Å². The first-order valence-corrected chi connectivity index (χ1v) is 13.2. The maximum atomic E-state index is 14.9. The van der Waals surface area contributed by atoms with Gasteiger partial charge in [-0.15, -0.1) is 10.2 Å². The topological polar surface area (TPSA) is 136 Å². The number of rotatable bonds is 7. The first kappa shape index (κ1) is 26.3. The number of nitrogens with zero attached hydrogens (tertiary/aromatic N) is 7. The van der Waals surface area contributed by atoms with Crippen molar-refractivity contribution in [3.05, 3.63) is 45.8 Å². The molecule has 2 unspecified atom stereocenters. The molecule has 2 aliphatic rings. The van der Waals surface area contributed by atoms with Crippen molar-refractivity contribution in [2.45, 2.75) is 43.7 Å². The number of aromatic nitrogens is 6. The van der Waals surface area contributed by atoms with Gasteiger partial charge < -0.3 is 15.8 Å². The number of carbonyl (C=O) groups excluding carboxylic acids is 1. The van der Waals surface area contributed by atoms with Crippen LogP contribution in [0.3, 0.4) is 0 Å². The molecule has 11 nitrogen and oxygen atoms in total. The number of hydrogen-bond donors (Lipinski definition) is 2. The first-order valence-electron chi connectivity index (χ1n) is 12.4. The molecule has 16 heteroatoms. The van der Waals surface area contributed by atoms with Crippen LogP contribution in [0.25, 0.3) is 16.8 Å². The predicted octanol–water partition coefficient (Wildman–Crippen LogP) is 3.08.